The second-order valence-electron chi connectivity index (χ2n) is 24.8. The molecule has 1 aromatic heterocycles. The fourth-order valence-corrected chi connectivity index (χ4v) is 14.7. The molecule has 7 aromatic rings. The fourth-order valence-electron chi connectivity index (χ4n) is 13.5. The molecule has 2 nitrogen and oxygen atoms in total. The minimum atomic E-state index is -0.0572. The summed E-state index contributed by atoms with van der Waals surface area (Å²) >= 11 is 2.00. The van der Waals surface area contributed by atoms with Crippen molar-refractivity contribution >= 4 is 72.0 Å². The van der Waals surface area contributed by atoms with E-state index in [1.54, 1.807) is 11.1 Å². The Labute approximate surface area is 393 Å². The Morgan fingerprint density at radius 1 is 0.554 bits per heavy atom. The maximum Gasteiger partial charge on any atom is 0.333 e. The van der Waals surface area contributed by atoms with Gasteiger partial charge in [-0.2, -0.15) is 0 Å². The summed E-state index contributed by atoms with van der Waals surface area (Å²) < 4.78 is 2.80. The van der Waals surface area contributed by atoms with Gasteiger partial charge in [0.05, 0.1) is 5.54 Å². The lowest BCUT2D eigenvalue weighted by molar-refractivity contribution is 0.195. The number of rotatable bonds is 2. The zero-order valence-electron chi connectivity index (χ0n) is 41.4. The molecule has 1 fully saturated rings. The highest BCUT2D eigenvalue weighted by molar-refractivity contribution is 7.25. The summed E-state index contributed by atoms with van der Waals surface area (Å²) in [5.41, 5.74) is 22.9. The number of fused-ring (bicyclic) bond motifs is 11. The van der Waals surface area contributed by atoms with Crippen LogP contribution in [-0.2, 0) is 27.1 Å². The molecule has 0 saturated heterocycles. The summed E-state index contributed by atoms with van der Waals surface area (Å²) in [6.45, 7) is 31.8. The molecule has 0 N–H and O–H groups in total. The van der Waals surface area contributed by atoms with Crippen LogP contribution in [0.25, 0.3) is 42.4 Å². The Morgan fingerprint density at radius 2 is 1.22 bits per heavy atom. The number of hydrogen-bond acceptors (Lipinski definition) is 3. The van der Waals surface area contributed by atoms with Crippen molar-refractivity contribution in [1.29, 1.82) is 0 Å². The van der Waals surface area contributed by atoms with Crippen molar-refractivity contribution in [2.75, 3.05) is 9.71 Å². The molecule has 6 aromatic carbocycles. The largest absolute Gasteiger partial charge is 0.376 e. The van der Waals surface area contributed by atoms with Crippen molar-refractivity contribution in [2.24, 2.45) is 0 Å². The van der Waals surface area contributed by atoms with Gasteiger partial charge >= 0.3 is 6.85 Å². The summed E-state index contributed by atoms with van der Waals surface area (Å²) in [7, 11) is 0. The quantitative estimate of drug-likeness (QED) is 0.160. The lowest BCUT2D eigenvalue weighted by atomic mass is 9.43. The van der Waals surface area contributed by atoms with Gasteiger partial charge in [0, 0.05) is 53.9 Å². The predicted octanol–water partition coefficient (Wildman–Crippen LogP) is 16.0. The first-order valence-corrected chi connectivity index (χ1v) is 25.6. The first-order valence-electron chi connectivity index (χ1n) is 24.8. The summed E-state index contributed by atoms with van der Waals surface area (Å²) in [5.74, 6) is 0. The predicted molar refractivity (Wildman–Crippen MR) is 284 cm³/mol. The Hall–Kier alpha value is -4.80. The topological polar surface area (TPSA) is 6.48 Å². The van der Waals surface area contributed by atoms with E-state index in [1.807, 2.05) is 11.3 Å². The first kappa shape index (κ1) is 41.6. The van der Waals surface area contributed by atoms with Crippen molar-refractivity contribution in [3.8, 4) is 22.3 Å². The van der Waals surface area contributed by atoms with Gasteiger partial charge < -0.3 is 9.71 Å². The SMILES string of the molecule is Cc1cc(C(C)(C)C)ccc1N1B2c3cc(C(C)(C)C)cc4c3N(c3cc(-c5ccccc5)cc(c32)-c2cc3sc5cc6c(cc5c3cc21)C(C)(C)CCC6(C)C)C1(C)CCCCC41C. The second-order valence-corrected chi connectivity index (χ2v) is 25.9. The van der Waals surface area contributed by atoms with Gasteiger partial charge in [0.1, 0.15) is 0 Å². The van der Waals surface area contributed by atoms with Crippen LogP contribution < -0.4 is 20.6 Å². The molecule has 12 rings (SSSR count). The van der Waals surface area contributed by atoms with Crippen molar-refractivity contribution in [3.05, 3.63) is 130 Å². The maximum absolute atomic E-state index is 2.91. The molecule has 0 radical (unpaired) electrons. The van der Waals surface area contributed by atoms with Gasteiger partial charge in [-0.3, -0.25) is 0 Å². The van der Waals surface area contributed by atoms with Gasteiger partial charge in [-0.15, -0.1) is 11.3 Å². The first-order chi connectivity index (χ1) is 30.6. The van der Waals surface area contributed by atoms with Crippen molar-refractivity contribution in [1.82, 2.24) is 0 Å². The van der Waals surface area contributed by atoms with Crippen LogP contribution in [-0.4, -0.2) is 12.4 Å². The number of thiophene rings is 1. The van der Waals surface area contributed by atoms with E-state index in [0.29, 0.717) is 0 Å². The van der Waals surface area contributed by atoms with E-state index in [0.717, 1.165) is 0 Å². The number of nitrogens with zero attached hydrogens (tertiary/aromatic N) is 2. The summed E-state index contributed by atoms with van der Waals surface area (Å²) in [4.78, 5) is 5.74. The van der Waals surface area contributed by atoms with Gasteiger partial charge in [-0.05, 0) is 165 Å². The average Bonchev–Trinajstić information content (AvgIpc) is 3.71. The molecule has 5 aliphatic rings. The highest BCUT2D eigenvalue weighted by atomic mass is 32.1. The molecule has 1 saturated carbocycles. The number of aryl methyl sites for hydroxylation is 1. The standard InChI is InChI=1S/C61H67BN2S/c1-36-27-39(56(2,3)4)21-22-49(36)64-50-33-43-42-32-45-46(59(10,11)26-25-58(45,8)9)35-53(42)65-52(43)34-41(50)44-28-38(37-19-15-14-16-20-37)29-51-54(44)62(64)48-31-40(57(5,6)7)30-47-55(48)63(51)61(13)24-18-17-23-60(47,61)12/h14-16,19-22,27-35H,17-18,23-26H2,1-13H3. The van der Waals surface area contributed by atoms with Crippen LogP contribution in [0.4, 0.5) is 22.7 Å². The van der Waals surface area contributed by atoms with E-state index in [2.05, 4.69) is 197 Å². The van der Waals surface area contributed by atoms with Crippen LogP contribution in [0.5, 0.6) is 0 Å². The van der Waals surface area contributed by atoms with E-state index >= 15 is 0 Å². The van der Waals surface area contributed by atoms with E-state index in [4.69, 9.17) is 0 Å². The smallest absolute Gasteiger partial charge is 0.333 e. The van der Waals surface area contributed by atoms with Crippen LogP contribution >= 0.6 is 11.3 Å². The molecule has 0 spiro atoms. The summed E-state index contributed by atoms with van der Waals surface area (Å²) in [6.07, 6.45) is 7.37. The molecule has 3 aliphatic heterocycles. The van der Waals surface area contributed by atoms with Crippen LogP contribution in [0.2, 0.25) is 0 Å². The second kappa shape index (κ2) is 13.2. The monoisotopic (exact) mass is 871 g/mol. The molecule has 0 bridgehead atoms. The normalized spacial score (nSPS) is 22.4. The Morgan fingerprint density at radius 3 is 1.91 bits per heavy atom. The molecule has 2 aliphatic carbocycles. The maximum atomic E-state index is 2.91. The third-order valence-electron chi connectivity index (χ3n) is 17.9. The molecule has 0 amide bonds. The number of hydrogen-bond donors (Lipinski definition) is 0. The van der Waals surface area contributed by atoms with E-state index in [1.165, 1.54) is 137 Å². The van der Waals surface area contributed by atoms with Crippen LogP contribution in [0, 0.1) is 6.92 Å². The molecule has 4 heteroatoms. The fraction of sp³-hybridized carbons (Fsp3) is 0.410. The van der Waals surface area contributed by atoms with Crippen LogP contribution in [0.15, 0.2) is 97.1 Å². The van der Waals surface area contributed by atoms with Crippen LogP contribution in [0.1, 0.15) is 155 Å². The number of benzene rings is 6. The lowest BCUT2D eigenvalue weighted by Gasteiger charge is -2.53. The third kappa shape index (κ3) is 5.65. The Bertz CT molecular complexity index is 3190. The zero-order valence-corrected chi connectivity index (χ0v) is 42.2. The Kier molecular flexibility index (Phi) is 8.46. The zero-order chi connectivity index (χ0) is 45.5. The molecule has 65 heavy (non-hydrogen) atoms. The van der Waals surface area contributed by atoms with Gasteiger partial charge in [0.2, 0.25) is 0 Å². The summed E-state index contributed by atoms with van der Waals surface area (Å²) in [5, 5.41) is 2.80. The molecule has 330 valence electrons. The van der Waals surface area contributed by atoms with Gasteiger partial charge in [-0.25, -0.2) is 0 Å². The van der Waals surface area contributed by atoms with E-state index in [-0.39, 0.29) is 39.5 Å². The number of anilines is 4. The van der Waals surface area contributed by atoms with Gasteiger partial charge in [0.25, 0.3) is 0 Å². The van der Waals surface area contributed by atoms with Crippen molar-refractivity contribution in [3.63, 3.8) is 0 Å². The Balaban J connectivity index is 1.24. The molecular weight excluding hydrogens is 804 g/mol. The minimum Gasteiger partial charge on any atom is -0.376 e. The van der Waals surface area contributed by atoms with Crippen molar-refractivity contribution < 1.29 is 0 Å². The molecule has 2 atom stereocenters. The van der Waals surface area contributed by atoms with Crippen LogP contribution in [0.3, 0.4) is 0 Å². The van der Waals surface area contributed by atoms with Gasteiger partial charge in [-0.1, -0.05) is 144 Å². The molecular formula is C61H67BN2S. The third-order valence-corrected chi connectivity index (χ3v) is 19.0. The van der Waals surface area contributed by atoms with E-state index in [9.17, 15) is 0 Å². The molecule has 4 heterocycles. The van der Waals surface area contributed by atoms with Gasteiger partial charge in [0.15, 0.2) is 0 Å². The molecule has 2 unspecified atom stereocenters. The van der Waals surface area contributed by atoms with E-state index < -0.39 is 0 Å². The summed E-state index contributed by atoms with van der Waals surface area (Å²) in [6, 6.07) is 39.5. The van der Waals surface area contributed by atoms with Crippen molar-refractivity contribution in [2.45, 2.75) is 161 Å². The average molecular weight is 871 g/mol. The lowest BCUT2D eigenvalue weighted by Crippen LogP contribution is -2.64. The highest BCUT2D eigenvalue weighted by Crippen LogP contribution is 2.63. The highest BCUT2D eigenvalue weighted by Gasteiger charge is 2.62. The minimum absolute atomic E-state index is 0.00833.